The van der Waals surface area contributed by atoms with Crippen LogP contribution in [-0.4, -0.2) is 16.6 Å². The van der Waals surface area contributed by atoms with E-state index in [2.05, 4.69) is 146 Å². The summed E-state index contributed by atoms with van der Waals surface area (Å²) >= 11 is 7.23. The van der Waals surface area contributed by atoms with Crippen molar-refractivity contribution in [3.63, 3.8) is 0 Å². The molecule has 36 heavy (non-hydrogen) atoms. The summed E-state index contributed by atoms with van der Waals surface area (Å²) in [6.07, 6.45) is 9.17. The largest absolute Gasteiger partial charge is 0.401 e. The molecule has 0 saturated carbocycles. The second kappa shape index (κ2) is 12.4. The fourth-order valence-electron chi connectivity index (χ4n) is 5.32. The molecule has 0 aromatic heterocycles. The molecule has 2 aromatic rings. The van der Waals surface area contributed by atoms with Crippen LogP contribution in [0.2, 0.25) is 36.3 Å². The van der Waals surface area contributed by atoms with Gasteiger partial charge in [0.15, 0.2) is 16.6 Å². The molecule has 0 bridgehead atoms. The molecule has 0 atom stereocenters. The van der Waals surface area contributed by atoms with E-state index in [1.807, 2.05) is 0 Å². The first-order valence-corrected chi connectivity index (χ1v) is 20.2. The van der Waals surface area contributed by atoms with Crippen LogP contribution in [0.4, 0.5) is 0 Å². The molecular formula is C30H42Br2O2Si2. The van der Waals surface area contributed by atoms with Crippen molar-refractivity contribution in [3.05, 3.63) is 92.9 Å². The highest BCUT2D eigenvalue weighted by molar-refractivity contribution is 9.10. The van der Waals surface area contributed by atoms with E-state index in [9.17, 15) is 0 Å². The van der Waals surface area contributed by atoms with Gasteiger partial charge in [-0.2, -0.15) is 0 Å². The Hall–Kier alpha value is -0.766. The third-order valence-corrected chi connectivity index (χ3v) is 18.7. The number of hydrogen-bond donors (Lipinski definition) is 0. The van der Waals surface area contributed by atoms with Gasteiger partial charge in [0.1, 0.15) is 11.2 Å². The third-order valence-electron chi connectivity index (χ3n) is 8.38. The SMILES string of the molecule is CC[Si](CC)(CC)OC1(c2ccc(Br)cc2)C=CC(O[Si](CC)(CC)CC)(c2ccc(Br)cc2)C=C1. The molecule has 0 N–H and O–H groups in total. The molecule has 3 rings (SSSR count). The summed E-state index contributed by atoms with van der Waals surface area (Å²) < 4.78 is 16.7. The van der Waals surface area contributed by atoms with Gasteiger partial charge in [0.25, 0.3) is 0 Å². The molecule has 0 spiro atoms. The van der Waals surface area contributed by atoms with Crippen LogP contribution < -0.4 is 0 Å². The smallest absolute Gasteiger partial charge is 0.194 e. The molecule has 0 aliphatic heterocycles. The van der Waals surface area contributed by atoms with Crippen molar-refractivity contribution in [3.8, 4) is 0 Å². The lowest BCUT2D eigenvalue weighted by molar-refractivity contribution is 0.121. The van der Waals surface area contributed by atoms with Gasteiger partial charge in [-0.3, -0.25) is 0 Å². The Morgan fingerprint density at radius 1 is 0.500 bits per heavy atom. The van der Waals surface area contributed by atoms with E-state index in [0.29, 0.717) is 0 Å². The molecule has 6 heteroatoms. The van der Waals surface area contributed by atoms with E-state index < -0.39 is 27.8 Å². The van der Waals surface area contributed by atoms with Gasteiger partial charge in [-0.25, -0.2) is 0 Å². The Balaban J connectivity index is 2.18. The third kappa shape index (κ3) is 6.10. The average Bonchev–Trinajstić information content (AvgIpc) is 2.92. The van der Waals surface area contributed by atoms with Gasteiger partial charge in [-0.15, -0.1) is 0 Å². The van der Waals surface area contributed by atoms with Crippen LogP contribution >= 0.6 is 31.9 Å². The first-order valence-electron chi connectivity index (χ1n) is 13.5. The summed E-state index contributed by atoms with van der Waals surface area (Å²) in [7, 11) is -3.85. The molecule has 196 valence electrons. The molecule has 1 aliphatic carbocycles. The van der Waals surface area contributed by atoms with Crippen LogP contribution in [-0.2, 0) is 20.1 Å². The summed E-state index contributed by atoms with van der Waals surface area (Å²) in [5.41, 5.74) is 1.15. The summed E-state index contributed by atoms with van der Waals surface area (Å²) in [6, 6.07) is 23.8. The number of halogens is 2. The highest BCUT2D eigenvalue weighted by atomic mass is 79.9. The Morgan fingerprint density at radius 2 is 0.750 bits per heavy atom. The summed E-state index contributed by atoms with van der Waals surface area (Å²) in [5.74, 6) is 0. The molecule has 0 fully saturated rings. The highest BCUT2D eigenvalue weighted by Gasteiger charge is 2.45. The van der Waals surface area contributed by atoms with Crippen LogP contribution in [0.1, 0.15) is 52.7 Å². The molecule has 0 unspecified atom stereocenters. The second-order valence-electron chi connectivity index (χ2n) is 9.96. The van der Waals surface area contributed by atoms with Crippen LogP contribution in [0.25, 0.3) is 0 Å². The van der Waals surface area contributed by atoms with Crippen molar-refractivity contribution in [2.75, 3.05) is 0 Å². The van der Waals surface area contributed by atoms with Crippen LogP contribution in [0.15, 0.2) is 81.8 Å². The zero-order valence-corrected chi connectivity index (χ0v) is 27.9. The van der Waals surface area contributed by atoms with E-state index in [0.717, 1.165) is 45.2 Å². The Morgan fingerprint density at radius 3 is 0.972 bits per heavy atom. The molecule has 0 saturated heterocycles. The molecule has 0 amide bonds. The summed E-state index contributed by atoms with van der Waals surface area (Å²) in [6.45, 7) is 13.8. The molecule has 2 nitrogen and oxygen atoms in total. The van der Waals surface area contributed by atoms with Crippen LogP contribution in [0.3, 0.4) is 0 Å². The van der Waals surface area contributed by atoms with Crippen molar-refractivity contribution in [1.82, 2.24) is 0 Å². The van der Waals surface area contributed by atoms with E-state index in [1.165, 1.54) is 11.1 Å². The first-order chi connectivity index (χ1) is 17.2. The zero-order valence-electron chi connectivity index (χ0n) is 22.7. The maximum atomic E-state index is 7.30. The van der Waals surface area contributed by atoms with Crippen LogP contribution in [0, 0.1) is 0 Å². The first kappa shape index (κ1) is 29.8. The molecule has 2 aromatic carbocycles. The average molecular weight is 651 g/mol. The van der Waals surface area contributed by atoms with E-state index in [1.54, 1.807) is 0 Å². The quantitative estimate of drug-likeness (QED) is 0.168. The normalized spacial score (nSPS) is 22.2. The van der Waals surface area contributed by atoms with E-state index in [-0.39, 0.29) is 0 Å². The Labute approximate surface area is 238 Å². The summed E-state index contributed by atoms with van der Waals surface area (Å²) in [5, 5.41) is 0. The predicted molar refractivity (Wildman–Crippen MR) is 166 cm³/mol. The fourth-order valence-corrected chi connectivity index (χ4v) is 11.7. The molecular weight excluding hydrogens is 608 g/mol. The van der Waals surface area contributed by atoms with Gasteiger partial charge in [-0.05, 0) is 96.0 Å². The molecule has 1 aliphatic rings. The Kier molecular flexibility index (Phi) is 10.3. The summed E-state index contributed by atoms with van der Waals surface area (Å²) in [4.78, 5) is 0. The lowest BCUT2D eigenvalue weighted by Crippen LogP contribution is -2.48. The topological polar surface area (TPSA) is 18.5 Å². The van der Waals surface area contributed by atoms with Crippen molar-refractivity contribution >= 4 is 48.5 Å². The minimum Gasteiger partial charge on any atom is -0.401 e. The maximum absolute atomic E-state index is 7.30. The molecule has 0 radical (unpaired) electrons. The van der Waals surface area contributed by atoms with Crippen molar-refractivity contribution < 1.29 is 8.85 Å². The number of rotatable bonds is 12. The lowest BCUT2D eigenvalue weighted by atomic mass is 9.82. The minimum atomic E-state index is -1.93. The highest BCUT2D eigenvalue weighted by Crippen LogP contribution is 2.46. The van der Waals surface area contributed by atoms with E-state index in [4.69, 9.17) is 8.85 Å². The molecule has 0 heterocycles. The van der Waals surface area contributed by atoms with Gasteiger partial charge >= 0.3 is 0 Å². The van der Waals surface area contributed by atoms with Crippen molar-refractivity contribution in [2.24, 2.45) is 0 Å². The minimum absolute atomic E-state index is 0.591. The van der Waals surface area contributed by atoms with Crippen LogP contribution in [0.5, 0.6) is 0 Å². The van der Waals surface area contributed by atoms with E-state index >= 15 is 0 Å². The maximum Gasteiger partial charge on any atom is 0.194 e. The van der Waals surface area contributed by atoms with Gasteiger partial charge in [0.05, 0.1) is 0 Å². The number of hydrogen-bond acceptors (Lipinski definition) is 2. The predicted octanol–water partition coefficient (Wildman–Crippen LogP) is 10.5. The number of benzene rings is 2. The zero-order chi connectivity index (χ0) is 26.5. The van der Waals surface area contributed by atoms with Crippen molar-refractivity contribution in [2.45, 2.75) is 89.0 Å². The van der Waals surface area contributed by atoms with Gasteiger partial charge in [0, 0.05) is 8.95 Å². The standard InChI is InChI=1S/C30H42Br2O2Si2/c1-7-35(8-2,9-3)33-29(25-13-17-27(31)18-14-25)21-23-30(24-22-29,26-15-19-28(32)20-16-26)34-36(10-4,11-5)12-6/h13-24H,7-12H2,1-6H3. The Bertz CT molecular complexity index is 926. The fraction of sp³-hybridized carbons (Fsp3) is 0.467. The second-order valence-corrected chi connectivity index (χ2v) is 21.2. The monoisotopic (exact) mass is 648 g/mol. The van der Waals surface area contributed by atoms with Crippen molar-refractivity contribution in [1.29, 1.82) is 0 Å². The van der Waals surface area contributed by atoms with Gasteiger partial charge in [0.2, 0.25) is 0 Å². The lowest BCUT2D eigenvalue weighted by Gasteiger charge is -2.45. The van der Waals surface area contributed by atoms with Gasteiger partial charge < -0.3 is 8.85 Å². The van der Waals surface area contributed by atoms with Gasteiger partial charge in [-0.1, -0.05) is 97.7 Å².